The maximum Gasteiger partial charge on any atom is 0.251 e. The van der Waals surface area contributed by atoms with Crippen molar-refractivity contribution < 1.29 is 9.35 Å². The molecule has 1 amide bonds. The minimum absolute atomic E-state index is 0.106. The molecule has 0 saturated carbocycles. The fourth-order valence-electron chi connectivity index (χ4n) is 1.35. The molecular weight excluding hydrogens is 236 g/mol. The number of likely N-dealkylation sites (N-methyl/N-ethyl adjacent to an activating group) is 1. The summed E-state index contributed by atoms with van der Waals surface area (Å²) in [5.41, 5.74) is 0.591. The minimum atomic E-state index is -1.78. The lowest BCUT2D eigenvalue weighted by atomic mass is 10.2. The van der Waals surface area contributed by atoms with Crippen LogP contribution >= 0.6 is 10.3 Å². The highest BCUT2D eigenvalue weighted by Gasteiger charge is 2.12. The monoisotopic (exact) mass is 256 g/mol. The van der Waals surface area contributed by atoms with E-state index in [9.17, 15) is 9.35 Å². The zero-order valence-corrected chi connectivity index (χ0v) is 11.3. The van der Waals surface area contributed by atoms with Gasteiger partial charge in [0.1, 0.15) is 0 Å². The van der Waals surface area contributed by atoms with E-state index in [2.05, 4.69) is 10.6 Å². The Hall–Kier alpha value is -1.04. The van der Waals surface area contributed by atoms with Crippen LogP contribution < -0.4 is 10.6 Å². The van der Waals surface area contributed by atoms with Gasteiger partial charge in [0.25, 0.3) is 5.91 Å². The van der Waals surface area contributed by atoms with Crippen molar-refractivity contribution in [3.05, 3.63) is 29.8 Å². The second kappa shape index (κ2) is 6.05. The Kier molecular flexibility index (Phi) is 4.99. The maximum absolute atomic E-state index is 11.8. The molecule has 0 aliphatic rings. The van der Waals surface area contributed by atoms with Gasteiger partial charge < -0.3 is 15.2 Å². The van der Waals surface area contributed by atoms with Gasteiger partial charge in [0.05, 0.1) is 0 Å². The zero-order chi connectivity index (χ0) is 12.9. The highest BCUT2D eigenvalue weighted by Crippen LogP contribution is 2.44. The average Bonchev–Trinajstić information content (AvgIpc) is 2.28. The molecule has 17 heavy (non-hydrogen) atoms. The summed E-state index contributed by atoms with van der Waals surface area (Å²) in [6, 6.07) is 7.15. The maximum atomic E-state index is 11.8. The van der Waals surface area contributed by atoms with E-state index < -0.39 is 10.3 Å². The van der Waals surface area contributed by atoms with Gasteiger partial charge in [-0.05, 0) is 37.8 Å². The molecule has 3 N–H and O–H groups in total. The van der Waals surface area contributed by atoms with Crippen molar-refractivity contribution in [3.63, 3.8) is 0 Å². The molecule has 0 bridgehead atoms. The van der Waals surface area contributed by atoms with Crippen molar-refractivity contribution in [2.45, 2.75) is 4.90 Å². The smallest absolute Gasteiger partial charge is 0.251 e. The number of carbonyl (C=O) groups is 1. The molecule has 0 saturated heterocycles. The van der Waals surface area contributed by atoms with Crippen molar-refractivity contribution in [3.8, 4) is 0 Å². The van der Waals surface area contributed by atoms with Crippen LogP contribution in [0, 0.1) is 0 Å². The Labute approximate surface area is 104 Å². The van der Waals surface area contributed by atoms with Gasteiger partial charge in [0, 0.05) is 23.5 Å². The van der Waals surface area contributed by atoms with Gasteiger partial charge in [-0.25, -0.2) is 0 Å². The lowest BCUT2D eigenvalue weighted by molar-refractivity contribution is 0.0954. The summed E-state index contributed by atoms with van der Waals surface area (Å²) < 4.78 is 9.95. The predicted octanol–water partition coefficient (Wildman–Crippen LogP) is 1.53. The molecule has 0 radical (unpaired) electrons. The first-order valence-corrected chi connectivity index (χ1v) is 7.84. The molecule has 0 heterocycles. The number of carbonyl (C=O) groups excluding carboxylic acids is 1. The van der Waals surface area contributed by atoms with Crippen LogP contribution in [0.15, 0.2) is 29.2 Å². The third kappa shape index (κ3) is 4.38. The average molecular weight is 256 g/mol. The van der Waals surface area contributed by atoms with Crippen molar-refractivity contribution in [1.29, 1.82) is 0 Å². The first kappa shape index (κ1) is 14.0. The molecule has 4 nitrogen and oxygen atoms in total. The number of rotatable bonds is 5. The molecule has 0 unspecified atom stereocenters. The molecule has 5 heteroatoms. The predicted molar refractivity (Wildman–Crippen MR) is 73.0 cm³/mol. The molecule has 0 fully saturated rings. The quantitative estimate of drug-likeness (QED) is 0.700. The van der Waals surface area contributed by atoms with E-state index in [4.69, 9.17) is 0 Å². The Morgan fingerprint density at radius 3 is 2.65 bits per heavy atom. The summed E-state index contributed by atoms with van der Waals surface area (Å²) in [4.78, 5) is 12.6. The van der Waals surface area contributed by atoms with E-state index in [-0.39, 0.29) is 5.91 Å². The molecule has 0 atom stereocenters. The summed E-state index contributed by atoms with van der Waals surface area (Å²) >= 11 is 0. The van der Waals surface area contributed by atoms with E-state index in [1.165, 1.54) is 0 Å². The second-order valence-electron chi connectivity index (χ2n) is 4.16. The summed E-state index contributed by atoms with van der Waals surface area (Å²) in [5, 5.41) is 5.76. The van der Waals surface area contributed by atoms with Crippen molar-refractivity contribution in [1.82, 2.24) is 10.6 Å². The highest BCUT2D eigenvalue weighted by atomic mass is 32.3. The Morgan fingerprint density at radius 2 is 2.06 bits per heavy atom. The Bertz CT molecular complexity index is 388. The van der Waals surface area contributed by atoms with E-state index in [0.29, 0.717) is 12.1 Å². The van der Waals surface area contributed by atoms with E-state index in [0.717, 1.165) is 11.4 Å². The van der Waals surface area contributed by atoms with Crippen LogP contribution in [0.2, 0.25) is 0 Å². The lowest BCUT2D eigenvalue weighted by Gasteiger charge is -2.24. The van der Waals surface area contributed by atoms with Gasteiger partial charge in [0.15, 0.2) is 0 Å². The van der Waals surface area contributed by atoms with Gasteiger partial charge in [-0.1, -0.05) is 6.07 Å². The number of amides is 1. The third-order valence-electron chi connectivity index (χ3n) is 2.33. The third-order valence-corrected chi connectivity index (χ3v) is 3.74. The van der Waals surface area contributed by atoms with Crippen LogP contribution in [-0.4, -0.2) is 43.1 Å². The molecule has 1 rings (SSSR count). The van der Waals surface area contributed by atoms with E-state index >= 15 is 0 Å². The van der Waals surface area contributed by atoms with Crippen molar-refractivity contribution >= 4 is 16.2 Å². The van der Waals surface area contributed by atoms with Crippen LogP contribution in [-0.2, 0) is 0 Å². The second-order valence-corrected chi connectivity index (χ2v) is 7.18. The lowest BCUT2D eigenvalue weighted by Crippen LogP contribution is -2.30. The number of nitrogens with one attached hydrogen (secondary N) is 2. The molecule has 1 aromatic rings. The fraction of sp³-hybridized carbons (Fsp3) is 0.417. The Balaban J connectivity index is 2.74. The van der Waals surface area contributed by atoms with E-state index in [1.807, 2.05) is 13.1 Å². The molecule has 0 spiro atoms. The number of benzene rings is 1. The standard InChI is InChI=1S/C12H20N2O2S/c1-13-7-8-14-12(15)10-5-4-6-11(9-10)17(2,3)16/h4-6,9,13,16H,7-8H2,1-3H3,(H,14,15). The Morgan fingerprint density at radius 1 is 1.35 bits per heavy atom. The minimum Gasteiger partial charge on any atom is -0.351 e. The highest BCUT2D eigenvalue weighted by molar-refractivity contribution is 8.28. The summed E-state index contributed by atoms with van der Waals surface area (Å²) in [7, 11) is 0.0614. The van der Waals surface area contributed by atoms with Crippen molar-refractivity contribution in [2.24, 2.45) is 0 Å². The van der Waals surface area contributed by atoms with Crippen molar-refractivity contribution in [2.75, 3.05) is 32.6 Å². The first-order chi connectivity index (χ1) is 7.95. The van der Waals surface area contributed by atoms with Crippen LogP contribution in [0.4, 0.5) is 0 Å². The van der Waals surface area contributed by atoms with Crippen LogP contribution in [0.1, 0.15) is 10.4 Å². The largest absolute Gasteiger partial charge is 0.351 e. The van der Waals surface area contributed by atoms with Crippen LogP contribution in [0.5, 0.6) is 0 Å². The molecule has 96 valence electrons. The number of hydrogen-bond acceptors (Lipinski definition) is 3. The normalized spacial score (nSPS) is 12.2. The first-order valence-electron chi connectivity index (χ1n) is 5.44. The topological polar surface area (TPSA) is 61.4 Å². The number of hydrogen-bond donors (Lipinski definition) is 3. The molecule has 1 aromatic carbocycles. The summed E-state index contributed by atoms with van der Waals surface area (Å²) in [6.45, 7) is 1.33. The van der Waals surface area contributed by atoms with Gasteiger partial charge in [0.2, 0.25) is 0 Å². The van der Waals surface area contributed by atoms with E-state index in [1.54, 1.807) is 30.7 Å². The fourth-order valence-corrected chi connectivity index (χ4v) is 2.18. The van der Waals surface area contributed by atoms with Crippen LogP contribution in [0.25, 0.3) is 0 Å². The molecule has 0 aromatic heterocycles. The summed E-state index contributed by atoms with van der Waals surface area (Å²) in [5.74, 6) is -0.106. The molecule has 0 aliphatic carbocycles. The van der Waals surface area contributed by atoms with Gasteiger partial charge in [-0.2, -0.15) is 0 Å². The SMILES string of the molecule is CNCCNC(=O)c1cccc(S(C)(C)O)c1. The summed E-state index contributed by atoms with van der Waals surface area (Å²) in [6.07, 6.45) is 3.57. The van der Waals surface area contributed by atoms with Gasteiger partial charge in [-0.15, -0.1) is 10.3 Å². The van der Waals surface area contributed by atoms with Crippen LogP contribution in [0.3, 0.4) is 0 Å². The zero-order valence-electron chi connectivity index (χ0n) is 10.5. The molecular formula is C12H20N2O2S. The van der Waals surface area contributed by atoms with Gasteiger partial charge in [-0.3, -0.25) is 4.79 Å². The van der Waals surface area contributed by atoms with Gasteiger partial charge >= 0.3 is 0 Å². The molecule has 0 aliphatic heterocycles.